The predicted octanol–water partition coefficient (Wildman–Crippen LogP) is 2.34. The van der Waals surface area contributed by atoms with Crippen LogP contribution < -0.4 is 10.2 Å². The Morgan fingerprint density at radius 3 is 2.54 bits per heavy atom. The van der Waals surface area contributed by atoms with Gasteiger partial charge in [-0.1, -0.05) is 18.2 Å². The van der Waals surface area contributed by atoms with Gasteiger partial charge >= 0.3 is 5.69 Å². The van der Waals surface area contributed by atoms with Gasteiger partial charge in [0.05, 0.1) is 4.92 Å². The van der Waals surface area contributed by atoms with E-state index < -0.39 is 0 Å². The molecule has 8 nitrogen and oxygen atoms in total. The maximum Gasteiger partial charge on any atom is 0.333 e. The Labute approximate surface area is 151 Å². The van der Waals surface area contributed by atoms with Crippen LogP contribution in [0.5, 0.6) is 0 Å². The second-order valence-corrected chi connectivity index (χ2v) is 6.69. The number of aryl methyl sites for hydroxylation is 3. The molecule has 1 fully saturated rings. The molecule has 1 N–H and O–H groups in total. The first kappa shape index (κ1) is 17.9. The Morgan fingerprint density at radius 1 is 1.27 bits per heavy atom. The Morgan fingerprint density at radius 2 is 1.92 bits per heavy atom. The molecule has 0 unspecified atom stereocenters. The van der Waals surface area contributed by atoms with Gasteiger partial charge in [-0.05, 0) is 38.3 Å². The van der Waals surface area contributed by atoms with Gasteiger partial charge in [0.2, 0.25) is 5.82 Å². The first-order valence-electron chi connectivity index (χ1n) is 8.68. The van der Waals surface area contributed by atoms with Crippen LogP contribution in [0.3, 0.4) is 0 Å². The minimum absolute atomic E-state index is 0.0618. The lowest BCUT2D eigenvalue weighted by Gasteiger charge is -2.33. The van der Waals surface area contributed by atoms with E-state index in [9.17, 15) is 14.9 Å². The minimum Gasteiger partial charge on any atom is -0.351 e. The van der Waals surface area contributed by atoms with Crippen LogP contribution in [-0.2, 0) is 7.05 Å². The predicted molar refractivity (Wildman–Crippen MR) is 98.5 cm³/mol. The Balaban J connectivity index is 1.66. The standard InChI is InChI=1S/C18H23N5O3/c1-12-6-4-5-7-15(12)17(24)19-14-8-10-22(11-9-14)18-16(23(25)26)13(2)20-21(18)3/h4-7,14H,8-11H2,1-3H3,(H,19,24). The van der Waals surface area contributed by atoms with Gasteiger partial charge in [0.25, 0.3) is 5.91 Å². The van der Waals surface area contributed by atoms with Gasteiger partial charge in [-0.2, -0.15) is 5.10 Å². The Hall–Kier alpha value is -2.90. The van der Waals surface area contributed by atoms with Crippen molar-refractivity contribution >= 4 is 17.4 Å². The van der Waals surface area contributed by atoms with Crippen molar-refractivity contribution in [1.82, 2.24) is 15.1 Å². The van der Waals surface area contributed by atoms with E-state index in [0.717, 1.165) is 18.4 Å². The van der Waals surface area contributed by atoms with Crippen molar-refractivity contribution in [3.05, 3.63) is 51.2 Å². The summed E-state index contributed by atoms with van der Waals surface area (Å²) in [5, 5.41) is 18.6. The van der Waals surface area contributed by atoms with E-state index in [4.69, 9.17) is 0 Å². The van der Waals surface area contributed by atoms with E-state index in [2.05, 4.69) is 10.4 Å². The van der Waals surface area contributed by atoms with Crippen molar-refractivity contribution in [2.24, 2.45) is 7.05 Å². The topological polar surface area (TPSA) is 93.3 Å². The third-order valence-corrected chi connectivity index (χ3v) is 4.86. The number of aromatic nitrogens is 2. The molecule has 0 radical (unpaired) electrons. The summed E-state index contributed by atoms with van der Waals surface area (Å²) < 4.78 is 1.57. The van der Waals surface area contributed by atoms with Crippen LogP contribution in [0.4, 0.5) is 11.5 Å². The van der Waals surface area contributed by atoms with Crippen molar-refractivity contribution in [3.63, 3.8) is 0 Å². The monoisotopic (exact) mass is 357 g/mol. The van der Waals surface area contributed by atoms with Gasteiger partial charge in [-0.15, -0.1) is 0 Å². The van der Waals surface area contributed by atoms with E-state index in [-0.39, 0.29) is 22.6 Å². The lowest BCUT2D eigenvalue weighted by Crippen LogP contribution is -2.45. The van der Waals surface area contributed by atoms with Crippen molar-refractivity contribution in [2.75, 3.05) is 18.0 Å². The number of anilines is 1. The number of hydrogen-bond acceptors (Lipinski definition) is 5. The third kappa shape index (κ3) is 3.40. The fraction of sp³-hybridized carbons (Fsp3) is 0.444. The van der Waals surface area contributed by atoms with Crippen LogP contribution in [0, 0.1) is 24.0 Å². The highest BCUT2D eigenvalue weighted by Crippen LogP contribution is 2.32. The van der Waals surface area contributed by atoms with Crippen LogP contribution in [0.25, 0.3) is 0 Å². The molecule has 1 saturated heterocycles. The molecule has 3 rings (SSSR count). The number of nitro groups is 1. The average Bonchev–Trinajstić information content (AvgIpc) is 2.90. The summed E-state index contributed by atoms with van der Waals surface area (Å²) >= 11 is 0. The molecule has 1 aromatic carbocycles. The molecule has 0 bridgehead atoms. The van der Waals surface area contributed by atoms with Crippen LogP contribution in [0.2, 0.25) is 0 Å². The normalized spacial score (nSPS) is 15.1. The Bertz CT molecular complexity index is 837. The molecule has 0 saturated carbocycles. The number of piperidine rings is 1. The average molecular weight is 357 g/mol. The molecule has 1 aliphatic heterocycles. The summed E-state index contributed by atoms with van der Waals surface area (Å²) in [7, 11) is 1.72. The number of nitrogens with one attached hydrogen (secondary N) is 1. The van der Waals surface area contributed by atoms with Crippen molar-refractivity contribution < 1.29 is 9.72 Å². The van der Waals surface area contributed by atoms with Gasteiger partial charge in [0, 0.05) is 31.7 Å². The molecule has 2 aromatic rings. The van der Waals surface area contributed by atoms with Gasteiger partial charge in [0.15, 0.2) is 0 Å². The zero-order valence-electron chi connectivity index (χ0n) is 15.2. The van der Waals surface area contributed by atoms with Gasteiger partial charge < -0.3 is 10.2 Å². The maximum absolute atomic E-state index is 12.5. The highest BCUT2D eigenvalue weighted by atomic mass is 16.6. The Kier molecular flexibility index (Phi) is 4.92. The summed E-state index contributed by atoms with van der Waals surface area (Å²) in [4.78, 5) is 25.4. The highest BCUT2D eigenvalue weighted by Gasteiger charge is 2.31. The number of amides is 1. The largest absolute Gasteiger partial charge is 0.351 e. The molecule has 1 aromatic heterocycles. The van der Waals surface area contributed by atoms with Crippen LogP contribution in [0.15, 0.2) is 24.3 Å². The molecule has 0 aliphatic carbocycles. The van der Waals surface area contributed by atoms with Crippen molar-refractivity contribution in [2.45, 2.75) is 32.7 Å². The molecule has 138 valence electrons. The van der Waals surface area contributed by atoms with Crippen molar-refractivity contribution in [3.8, 4) is 0 Å². The fourth-order valence-corrected chi connectivity index (χ4v) is 3.53. The van der Waals surface area contributed by atoms with Crippen LogP contribution in [0.1, 0.15) is 34.5 Å². The molecule has 0 spiro atoms. The first-order chi connectivity index (χ1) is 12.4. The number of carbonyl (C=O) groups is 1. The van der Waals surface area contributed by atoms with Crippen LogP contribution in [-0.4, -0.2) is 39.7 Å². The smallest absolute Gasteiger partial charge is 0.333 e. The third-order valence-electron chi connectivity index (χ3n) is 4.86. The second-order valence-electron chi connectivity index (χ2n) is 6.69. The molecule has 26 heavy (non-hydrogen) atoms. The zero-order chi connectivity index (χ0) is 18.8. The van der Waals surface area contributed by atoms with E-state index in [1.54, 1.807) is 18.7 Å². The lowest BCUT2D eigenvalue weighted by molar-refractivity contribution is -0.384. The fourth-order valence-electron chi connectivity index (χ4n) is 3.53. The molecule has 8 heteroatoms. The summed E-state index contributed by atoms with van der Waals surface area (Å²) in [6.45, 7) is 4.84. The van der Waals surface area contributed by atoms with Crippen molar-refractivity contribution in [1.29, 1.82) is 0 Å². The minimum atomic E-state index is -0.371. The molecular formula is C18H23N5O3. The summed E-state index contributed by atoms with van der Waals surface area (Å²) in [6, 6.07) is 7.57. The number of carbonyl (C=O) groups excluding carboxylic acids is 1. The molecule has 0 atom stereocenters. The van der Waals surface area contributed by atoms with E-state index in [1.165, 1.54) is 0 Å². The van der Waals surface area contributed by atoms with Crippen LogP contribution >= 0.6 is 0 Å². The molecular weight excluding hydrogens is 334 g/mol. The quantitative estimate of drug-likeness (QED) is 0.670. The molecule has 1 amide bonds. The summed E-state index contributed by atoms with van der Waals surface area (Å²) in [6.07, 6.45) is 1.47. The van der Waals surface area contributed by atoms with Gasteiger partial charge in [-0.3, -0.25) is 14.9 Å². The zero-order valence-corrected chi connectivity index (χ0v) is 15.2. The molecule has 2 heterocycles. The number of benzene rings is 1. The van der Waals surface area contributed by atoms with Gasteiger partial charge in [0.1, 0.15) is 5.69 Å². The lowest BCUT2D eigenvalue weighted by atomic mass is 10.0. The molecule has 1 aliphatic rings. The number of nitrogens with zero attached hydrogens (tertiary/aromatic N) is 4. The second kappa shape index (κ2) is 7.15. The summed E-state index contributed by atoms with van der Waals surface area (Å²) in [5.41, 5.74) is 2.12. The summed E-state index contributed by atoms with van der Waals surface area (Å²) in [5.74, 6) is 0.472. The SMILES string of the molecule is Cc1ccccc1C(=O)NC1CCN(c2c([N+](=O)[O-])c(C)nn2C)CC1. The number of hydrogen-bond donors (Lipinski definition) is 1. The number of rotatable bonds is 4. The van der Waals surface area contributed by atoms with E-state index in [1.807, 2.05) is 36.1 Å². The van der Waals surface area contributed by atoms with E-state index in [0.29, 0.717) is 30.2 Å². The first-order valence-corrected chi connectivity index (χ1v) is 8.68. The van der Waals surface area contributed by atoms with E-state index >= 15 is 0 Å². The highest BCUT2D eigenvalue weighted by molar-refractivity contribution is 5.95. The maximum atomic E-state index is 12.5. The van der Waals surface area contributed by atoms with Gasteiger partial charge in [-0.25, -0.2) is 4.68 Å².